The van der Waals surface area contributed by atoms with Crippen molar-refractivity contribution in [3.05, 3.63) is 86.5 Å². The molecule has 7 nitrogen and oxygen atoms in total. The summed E-state index contributed by atoms with van der Waals surface area (Å²) < 4.78 is 5.98. The normalized spacial score (nSPS) is 17.1. The maximum atomic E-state index is 13.2. The maximum absolute atomic E-state index is 13.2. The lowest BCUT2D eigenvalue weighted by Crippen LogP contribution is -2.36. The third-order valence-electron chi connectivity index (χ3n) is 5.71. The van der Waals surface area contributed by atoms with Crippen molar-refractivity contribution in [2.45, 2.75) is 40.2 Å². The number of carbonyl (C=O) groups excluding carboxylic acids is 1. The van der Waals surface area contributed by atoms with Gasteiger partial charge in [-0.3, -0.25) is 19.8 Å². The summed E-state index contributed by atoms with van der Waals surface area (Å²) in [5, 5.41) is 11.7. The molecule has 1 aliphatic rings. The van der Waals surface area contributed by atoms with Gasteiger partial charge < -0.3 is 4.42 Å². The first-order chi connectivity index (χ1) is 16.3. The Kier molecular flexibility index (Phi) is 6.70. The van der Waals surface area contributed by atoms with Crippen molar-refractivity contribution in [1.29, 1.82) is 0 Å². The van der Waals surface area contributed by atoms with E-state index in [2.05, 4.69) is 0 Å². The molecule has 2 heterocycles. The summed E-state index contributed by atoms with van der Waals surface area (Å²) in [5.41, 5.74) is 3.49. The molecule has 1 aliphatic heterocycles. The second kappa shape index (κ2) is 9.69. The predicted octanol–water partition coefficient (Wildman–Crippen LogP) is 6.87. The van der Waals surface area contributed by atoms with Crippen LogP contribution in [0.5, 0.6) is 0 Å². The summed E-state index contributed by atoms with van der Waals surface area (Å²) in [4.78, 5) is 30.8. The van der Waals surface area contributed by atoms with Gasteiger partial charge in [-0.2, -0.15) is 0 Å². The highest BCUT2D eigenvalue weighted by Gasteiger charge is 2.36. The van der Waals surface area contributed by atoms with E-state index in [1.54, 1.807) is 36.1 Å². The molecule has 1 saturated heterocycles. The van der Waals surface area contributed by atoms with E-state index in [9.17, 15) is 14.9 Å². The third kappa shape index (κ3) is 4.82. The molecule has 1 fully saturated rings. The maximum Gasteiger partial charge on any atom is 0.269 e. The van der Waals surface area contributed by atoms with Crippen LogP contribution in [0.15, 0.2) is 68.9 Å². The number of benzene rings is 2. The smallest absolute Gasteiger partial charge is 0.269 e. The first kappa shape index (κ1) is 23.5. The van der Waals surface area contributed by atoms with Crippen LogP contribution in [0.4, 0.5) is 11.4 Å². The van der Waals surface area contributed by atoms with Gasteiger partial charge in [0.2, 0.25) is 0 Å². The van der Waals surface area contributed by atoms with Crippen molar-refractivity contribution in [3.8, 4) is 11.3 Å². The molecule has 34 heavy (non-hydrogen) atoms. The van der Waals surface area contributed by atoms with E-state index in [-0.39, 0.29) is 17.6 Å². The minimum atomic E-state index is -0.420. The Morgan fingerprint density at radius 3 is 2.53 bits per heavy atom. The van der Waals surface area contributed by atoms with E-state index >= 15 is 0 Å². The number of aryl methyl sites for hydroxylation is 2. The SMILES string of the molecule is CC[C@H](C)N1C(=O)/C(=C\c2ccc(-c3ccc([N+](=O)[O-])cc3C)o2)SC1=Nc1ccc(C)cc1. The molecule has 2 aromatic carbocycles. The van der Waals surface area contributed by atoms with Crippen molar-refractivity contribution in [2.24, 2.45) is 4.99 Å². The Balaban J connectivity index is 1.64. The zero-order valence-electron chi connectivity index (χ0n) is 19.4. The van der Waals surface area contributed by atoms with Crippen molar-refractivity contribution in [1.82, 2.24) is 4.90 Å². The fraction of sp³-hybridized carbons (Fsp3) is 0.231. The molecular weight excluding hydrogens is 450 g/mol. The van der Waals surface area contributed by atoms with Crippen LogP contribution < -0.4 is 0 Å². The minimum Gasteiger partial charge on any atom is -0.457 e. The number of furan rings is 1. The highest BCUT2D eigenvalue weighted by atomic mass is 32.2. The Labute approximate surface area is 202 Å². The number of non-ortho nitro benzene ring substituents is 1. The Morgan fingerprint density at radius 1 is 1.15 bits per heavy atom. The zero-order chi connectivity index (χ0) is 24.4. The van der Waals surface area contributed by atoms with Gasteiger partial charge in [-0.1, -0.05) is 24.6 Å². The van der Waals surface area contributed by atoms with Crippen molar-refractivity contribution >= 4 is 40.3 Å². The Hall–Kier alpha value is -3.65. The van der Waals surface area contributed by atoms with E-state index in [1.165, 1.54) is 23.9 Å². The third-order valence-corrected chi connectivity index (χ3v) is 6.70. The standard InChI is InChI=1S/C26H25N3O4S/c1-5-18(4)28-25(30)24(34-26(28)27-19-8-6-16(2)7-9-19)15-21-11-13-23(33-21)22-12-10-20(29(31)32)14-17(22)3/h6-15,18H,5H2,1-4H3/b24-15+,27-26?/t18-/m0/s1. The summed E-state index contributed by atoms with van der Waals surface area (Å²) in [7, 11) is 0. The molecule has 0 radical (unpaired) electrons. The summed E-state index contributed by atoms with van der Waals surface area (Å²) >= 11 is 1.33. The quantitative estimate of drug-likeness (QED) is 0.220. The average Bonchev–Trinajstić information content (AvgIpc) is 3.39. The molecule has 0 aliphatic carbocycles. The molecule has 1 aromatic heterocycles. The van der Waals surface area contributed by atoms with Crippen molar-refractivity contribution in [2.75, 3.05) is 0 Å². The molecule has 0 unspecified atom stereocenters. The first-order valence-corrected chi connectivity index (χ1v) is 11.8. The fourth-order valence-corrected chi connectivity index (χ4v) is 4.68. The van der Waals surface area contributed by atoms with Gasteiger partial charge in [0.05, 0.1) is 15.5 Å². The molecule has 4 rings (SSSR count). The van der Waals surface area contributed by atoms with E-state index < -0.39 is 4.92 Å². The van der Waals surface area contributed by atoms with Gasteiger partial charge in [-0.15, -0.1) is 0 Å². The number of aliphatic imine (C=N–C) groups is 1. The molecule has 3 aromatic rings. The lowest BCUT2D eigenvalue weighted by Gasteiger charge is -2.22. The van der Waals surface area contributed by atoms with Gasteiger partial charge in [0.15, 0.2) is 5.17 Å². The highest BCUT2D eigenvalue weighted by molar-refractivity contribution is 8.18. The number of hydrogen-bond acceptors (Lipinski definition) is 6. The number of amides is 1. The summed E-state index contributed by atoms with van der Waals surface area (Å²) in [6.45, 7) is 7.87. The number of carbonyl (C=O) groups is 1. The van der Waals surface area contributed by atoms with Crippen LogP contribution in [-0.4, -0.2) is 26.9 Å². The van der Waals surface area contributed by atoms with Gasteiger partial charge >= 0.3 is 0 Å². The first-order valence-electron chi connectivity index (χ1n) is 11.0. The molecule has 0 spiro atoms. The second-order valence-electron chi connectivity index (χ2n) is 8.23. The molecule has 8 heteroatoms. The van der Waals surface area contributed by atoms with Crippen molar-refractivity contribution < 1.29 is 14.1 Å². The predicted molar refractivity (Wildman–Crippen MR) is 136 cm³/mol. The Morgan fingerprint density at radius 2 is 1.88 bits per heavy atom. The van der Waals surface area contributed by atoms with Gasteiger partial charge in [0, 0.05) is 29.8 Å². The lowest BCUT2D eigenvalue weighted by molar-refractivity contribution is -0.384. The molecular formula is C26H25N3O4S. The van der Waals surface area contributed by atoms with Gasteiger partial charge in [-0.05, 0) is 74.8 Å². The van der Waals surface area contributed by atoms with Crippen LogP contribution in [0.1, 0.15) is 37.2 Å². The lowest BCUT2D eigenvalue weighted by atomic mass is 10.1. The van der Waals surface area contributed by atoms with Crippen molar-refractivity contribution in [3.63, 3.8) is 0 Å². The number of hydrogen-bond donors (Lipinski definition) is 0. The molecule has 0 bridgehead atoms. The second-order valence-corrected chi connectivity index (χ2v) is 9.24. The van der Waals surface area contributed by atoms with Gasteiger partial charge in [0.25, 0.3) is 11.6 Å². The molecule has 174 valence electrons. The number of amidine groups is 1. The molecule has 0 N–H and O–H groups in total. The van der Waals surface area contributed by atoms with Crippen LogP contribution in [0.3, 0.4) is 0 Å². The van der Waals surface area contributed by atoms with Gasteiger partial charge in [-0.25, -0.2) is 4.99 Å². The van der Waals surface area contributed by atoms with Crippen LogP contribution >= 0.6 is 11.8 Å². The summed E-state index contributed by atoms with van der Waals surface area (Å²) in [5.74, 6) is 1.01. The van der Waals surface area contributed by atoms with E-state index in [1.807, 2.05) is 45.0 Å². The largest absolute Gasteiger partial charge is 0.457 e. The van der Waals surface area contributed by atoms with E-state index in [4.69, 9.17) is 9.41 Å². The zero-order valence-corrected chi connectivity index (χ0v) is 20.3. The topological polar surface area (TPSA) is 89.0 Å². The Bertz CT molecular complexity index is 1310. The van der Waals surface area contributed by atoms with E-state index in [0.29, 0.717) is 21.6 Å². The average molecular weight is 476 g/mol. The minimum absolute atomic E-state index is 0.00465. The molecule has 0 saturated carbocycles. The number of nitro groups is 1. The number of nitrogens with zero attached hydrogens (tertiary/aromatic N) is 3. The van der Waals surface area contributed by atoms with Crippen LogP contribution in [0.25, 0.3) is 17.4 Å². The molecule has 1 atom stereocenters. The monoisotopic (exact) mass is 475 g/mol. The number of thioether (sulfide) groups is 1. The molecule has 1 amide bonds. The fourth-order valence-electron chi connectivity index (χ4n) is 3.61. The van der Waals surface area contributed by atoms with Crippen LogP contribution in [0, 0.1) is 24.0 Å². The van der Waals surface area contributed by atoms with Crippen LogP contribution in [0.2, 0.25) is 0 Å². The number of nitro benzene ring substituents is 1. The number of rotatable bonds is 6. The summed E-state index contributed by atoms with van der Waals surface area (Å²) in [6, 6.07) is 16.1. The van der Waals surface area contributed by atoms with Gasteiger partial charge in [0.1, 0.15) is 11.5 Å². The van der Waals surface area contributed by atoms with E-state index in [0.717, 1.165) is 28.8 Å². The summed E-state index contributed by atoms with van der Waals surface area (Å²) in [6.07, 6.45) is 2.53. The van der Waals surface area contributed by atoms with Crippen LogP contribution in [-0.2, 0) is 4.79 Å². The highest BCUT2D eigenvalue weighted by Crippen LogP contribution is 2.37.